The first kappa shape index (κ1) is 17.0. The Morgan fingerprint density at radius 2 is 1.92 bits per heavy atom. The Labute approximate surface area is 150 Å². The predicted molar refractivity (Wildman–Crippen MR) is 98.5 cm³/mol. The van der Waals surface area contributed by atoms with Gasteiger partial charge in [0.1, 0.15) is 17.0 Å². The zero-order valence-corrected chi connectivity index (χ0v) is 14.4. The molecule has 128 valence electrons. The van der Waals surface area contributed by atoms with Gasteiger partial charge in [0, 0.05) is 16.6 Å². The standard InChI is InChI=1S/C19H17ClN2O3/c1-2-24-17-10-9-16(15-4-3-11-21-19(15)17)22-18(23)12-25-14-7-5-13(20)6-8-14/h3-11H,2,12H2,1H3,(H,22,23). The average Bonchev–Trinajstić information content (AvgIpc) is 2.63. The van der Waals surface area contributed by atoms with E-state index in [4.69, 9.17) is 21.1 Å². The van der Waals surface area contributed by atoms with Crippen LogP contribution >= 0.6 is 11.6 Å². The third kappa shape index (κ3) is 4.19. The van der Waals surface area contributed by atoms with E-state index in [2.05, 4.69) is 10.3 Å². The van der Waals surface area contributed by atoms with E-state index in [1.807, 2.05) is 19.1 Å². The quantitative estimate of drug-likeness (QED) is 0.715. The van der Waals surface area contributed by atoms with Crippen LogP contribution in [0.15, 0.2) is 54.7 Å². The Hall–Kier alpha value is -2.79. The number of ether oxygens (including phenoxy) is 2. The first-order valence-electron chi connectivity index (χ1n) is 7.86. The Morgan fingerprint density at radius 1 is 1.12 bits per heavy atom. The first-order chi connectivity index (χ1) is 12.2. The molecule has 1 aromatic heterocycles. The van der Waals surface area contributed by atoms with Crippen LogP contribution in [0.3, 0.4) is 0 Å². The van der Waals surface area contributed by atoms with Gasteiger partial charge in [-0.15, -0.1) is 0 Å². The van der Waals surface area contributed by atoms with Crippen molar-refractivity contribution in [2.24, 2.45) is 0 Å². The number of anilines is 1. The minimum atomic E-state index is -0.260. The summed E-state index contributed by atoms with van der Waals surface area (Å²) in [6.07, 6.45) is 1.69. The van der Waals surface area contributed by atoms with Gasteiger partial charge in [0.15, 0.2) is 6.61 Å². The van der Waals surface area contributed by atoms with E-state index in [9.17, 15) is 4.79 Å². The van der Waals surface area contributed by atoms with E-state index < -0.39 is 0 Å². The van der Waals surface area contributed by atoms with Gasteiger partial charge in [-0.25, -0.2) is 0 Å². The minimum Gasteiger partial charge on any atom is -0.492 e. The van der Waals surface area contributed by atoms with E-state index in [-0.39, 0.29) is 12.5 Å². The second kappa shape index (κ2) is 7.85. The molecule has 0 bridgehead atoms. The van der Waals surface area contributed by atoms with Crippen LogP contribution in [0.1, 0.15) is 6.92 Å². The molecule has 0 fully saturated rings. The number of carbonyl (C=O) groups excluding carboxylic acids is 1. The molecule has 25 heavy (non-hydrogen) atoms. The van der Waals surface area contributed by atoms with Crippen molar-refractivity contribution >= 4 is 34.1 Å². The molecule has 0 aliphatic rings. The number of hydrogen-bond donors (Lipinski definition) is 1. The summed E-state index contributed by atoms with van der Waals surface area (Å²) in [7, 11) is 0. The third-order valence-electron chi connectivity index (χ3n) is 3.49. The van der Waals surface area contributed by atoms with Crippen LogP contribution in [0.25, 0.3) is 10.9 Å². The van der Waals surface area contributed by atoms with Crippen molar-refractivity contribution in [3.8, 4) is 11.5 Å². The molecule has 0 aliphatic carbocycles. The van der Waals surface area contributed by atoms with Gasteiger partial charge in [-0.1, -0.05) is 11.6 Å². The van der Waals surface area contributed by atoms with Crippen LogP contribution < -0.4 is 14.8 Å². The summed E-state index contributed by atoms with van der Waals surface area (Å²) in [6, 6.07) is 14.2. The summed E-state index contributed by atoms with van der Waals surface area (Å²) in [5.74, 6) is 1.01. The van der Waals surface area contributed by atoms with Crippen LogP contribution in [0.5, 0.6) is 11.5 Å². The zero-order chi connectivity index (χ0) is 17.6. The van der Waals surface area contributed by atoms with Crippen molar-refractivity contribution in [1.29, 1.82) is 0 Å². The Morgan fingerprint density at radius 3 is 2.68 bits per heavy atom. The molecule has 1 heterocycles. The molecule has 0 radical (unpaired) electrons. The average molecular weight is 357 g/mol. The summed E-state index contributed by atoms with van der Waals surface area (Å²) < 4.78 is 11.0. The molecule has 2 aromatic carbocycles. The summed E-state index contributed by atoms with van der Waals surface area (Å²) >= 11 is 5.82. The highest BCUT2D eigenvalue weighted by Gasteiger charge is 2.11. The van der Waals surface area contributed by atoms with Crippen LogP contribution in [0.2, 0.25) is 5.02 Å². The van der Waals surface area contributed by atoms with Crippen LogP contribution in [-0.2, 0) is 4.79 Å². The van der Waals surface area contributed by atoms with Crippen LogP contribution in [-0.4, -0.2) is 24.1 Å². The molecule has 5 nitrogen and oxygen atoms in total. The number of carbonyl (C=O) groups is 1. The van der Waals surface area contributed by atoms with Gasteiger partial charge >= 0.3 is 0 Å². The fraction of sp³-hybridized carbons (Fsp3) is 0.158. The number of rotatable bonds is 6. The largest absolute Gasteiger partial charge is 0.492 e. The maximum Gasteiger partial charge on any atom is 0.262 e. The van der Waals surface area contributed by atoms with Gasteiger partial charge in [0.25, 0.3) is 5.91 Å². The van der Waals surface area contributed by atoms with Crippen molar-refractivity contribution in [3.63, 3.8) is 0 Å². The first-order valence-corrected chi connectivity index (χ1v) is 8.24. The van der Waals surface area contributed by atoms with Gasteiger partial charge in [-0.2, -0.15) is 0 Å². The van der Waals surface area contributed by atoms with E-state index in [0.717, 1.165) is 5.39 Å². The number of amides is 1. The molecule has 0 saturated carbocycles. The lowest BCUT2D eigenvalue weighted by Gasteiger charge is -2.12. The number of fused-ring (bicyclic) bond motifs is 1. The number of nitrogens with zero attached hydrogens (tertiary/aromatic N) is 1. The lowest BCUT2D eigenvalue weighted by molar-refractivity contribution is -0.118. The summed E-state index contributed by atoms with van der Waals surface area (Å²) in [5, 5.41) is 4.28. The zero-order valence-electron chi connectivity index (χ0n) is 13.7. The van der Waals surface area contributed by atoms with Crippen molar-refractivity contribution in [2.45, 2.75) is 6.92 Å². The Balaban J connectivity index is 1.72. The predicted octanol–water partition coefficient (Wildman–Crippen LogP) is 4.30. The Kier molecular flexibility index (Phi) is 5.36. The molecule has 0 aliphatic heterocycles. The van der Waals surface area contributed by atoms with Crippen molar-refractivity contribution in [3.05, 3.63) is 59.8 Å². The smallest absolute Gasteiger partial charge is 0.262 e. The van der Waals surface area contributed by atoms with E-state index >= 15 is 0 Å². The molecule has 0 atom stereocenters. The maximum absolute atomic E-state index is 12.2. The van der Waals surface area contributed by atoms with Crippen molar-refractivity contribution in [2.75, 3.05) is 18.5 Å². The number of benzene rings is 2. The summed E-state index contributed by atoms with van der Waals surface area (Å²) in [6.45, 7) is 2.36. The lowest BCUT2D eigenvalue weighted by atomic mass is 10.1. The number of aromatic nitrogens is 1. The molecule has 3 rings (SSSR count). The Bertz CT molecular complexity index is 881. The van der Waals surface area contributed by atoms with Gasteiger partial charge in [-0.3, -0.25) is 9.78 Å². The normalized spacial score (nSPS) is 10.5. The molecule has 0 saturated heterocycles. The fourth-order valence-electron chi connectivity index (χ4n) is 2.39. The molecule has 0 spiro atoms. The SMILES string of the molecule is CCOc1ccc(NC(=O)COc2ccc(Cl)cc2)c2cccnc12. The fourth-order valence-corrected chi connectivity index (χ4v) is 2.52. The summed E-state index contributed by atoms with van der Waals surface area (Å²) in [5.41, 5.74) is 1.37. The van der Waals surface area contributed by atoms with Crippen molar-refractivity contribution < 1.29 is 14.3 Å². The van der Waals surface area contributed by atoms with Gasteiger partial charge in [0.2, 0.25) is 0 Å². The monoisotopic (exact) mass is 356 g/mol. The van der Waals surface area contributed by atoms with Gasteiger partial charge in [-0.05, 0) is 55.5 Å². The number of hydrogen-bond acceptors (Lipinski definition) is 4. The molecule has 1 amide bonds. The molecule has 0 unspecified atom stereocenters. The number of nitrogens with one attached hydrogen (secondary N) is 1. The topological polar surface area (TPSA) is 60.5 Å². The highest BCUT2D eigenvalue weighted by Crippen LogP contribution is 2.30. The number of pyridine rings is 1. The van der Waals surface area contributed by atoms with Gasteiger partial charge in [0.05, 0.1) is 12.3 Å². The third-order valence-corrected chi connectivity index (χ3v) is 3.74. The molecule has 3 aromatic rings. The lowest BCUT2D eigenvalue weighted by Crippen LogP contribution is -2.20. The van der Waals surface area contributed by atoms with Crippen LogP contribution in [0.4, 0.5) is 5.69 Å². The van der Waals surface area contributed by atoms with Crippen molar-refractivity contribution in [1.82, 2.24) is 4.98 Å². The van der Waals surface area contributed by atoms with Gasteiger partial charge < -0.3 is 14.8 Å². The molecule has 1 N–H and O–H groups in total. The highest BCUT2D eigenvalue weighted by molar-refractivity contribution is 6.30. The molecular formula is C19H17ClN2O3. The summed E-state index contributed by atoms with van der Waals surface area (Å²) in [4.78, 5) is 16.5. The molecular weight excluding hydrogens is 340 g/mol. The van der Waals surface area contributed by atoms with E-state index in [1.165, 1.54) is 0 Å². The second-order valence-electron chi connectivity index (χ2n) is 5.23. The van der Waals surface area contributed by atoms with Crippen LogP contribution in [0, 0.1) is 0 Å². The second-order valence-corrected chi connectivity index (χ2v) is 5.67. The van der Waals surface area contributed by atoms with E-state index in [0.29, 0.717) is 34.3 Å². The highest BCUT2D eigenvalue weighted by atomic mass is 35.5. The maximum atomic E-state index is 12.2. The number of halogens is 1. The minimum absolute atomic E-state index is 0.101. The van der Waals surface area contributed by atoms with E-state index in [1.54, 1.807) is 42.6 Å². The molecule has 6 heteroatoms.